The quantitative estimate of drug-likeness (QED) is 0.177. The average Bonchev–Trinajstić information content (AvgIpc) is 2.80. The maximum Gasteiger partial charge on any atom is 0.266 e. The largest absolute Gasteiger partial charge is 0.323 e. The minimum atomic E-state index is -1.71. The highest BCUT2D eigenvalue weighted by Gasteiger charge is 2.18. The highest BCUT2D eigenvalue weighted by atomic mass is 35.5. The lowest BCUT2D eigenvalue weighted by atomic mass is 10.2. The van der Waals surface area contributed by atoms with Gasteiger partial charge in [0.05, 0.1) is 33.1 Å². The van der Waals surface area contributed by atoms with Crippen LogP contribution in [0, 0.1) is 23.3 Å². The Morgan fingerprint density at radius 3 is 2.48 bits per heavy atom. The topological polar surface area (TPSA) is 64.0 Å². The number of aromatic nitrogens is 2. The second-order valence-corrected chi connectivity index (χ2v) is 8.06. The molecule has 0 saturated carbocycles. The molecule has 1 heterocycles. The smallest absolute Gasteiger partial charge is 0.266 e. The summed E-state index contributed by atoms with van der Waals surface area (Å²) in [6, 6.07) is 11.8. The molecular weight excluding hydrogens is 482 g/mol. The van der Waals surface area contributed by atoms with Crippen molar-refractivity contribution in [3.05, 3.63) is 93.2 Å². The van der Waals surface area contributed by atoms with Crippen LogP contribution >= 0.6 is 23.4 Å². The lowest BCUT2D eigenvalue weighted by Gasteiger charge is -2.14. The normalized spacial score (nSPS) is 11.1. The average molecular weight is 494 g/mol. The second kappa shape index (κ2) is 9.24. The predicted molar refractivity (Wildman–Crippen MR) is 118 cm³/mol. The number of anilines is 1. The van der Waals surface area contributed by atoms with Crippen molar-refractivity contribution in [3.8, 4) is 5.69 Å². The molecule has 0 fully saturated rings. The number of thioether (sulfide) groups is 1. The number of para-hydroxylation sites is 1. The van der Waals surface area contributed by atoms with Crippen LogP contribution in [-0.4, -0.2) is 21.2 Å². The molecule has 4 aromatic rings. The molecule has 0 saturated heterocycles. The van der Waals surface area contributed by atoms with Crippen molar-refractivity contribution >= 4 is 45.9 Å². The lowest BCUT2D eigenvalue weighted by Crippen LogP contribution is -2.23. The summed E-state index contributed by atoms with van der Waals surface area (Å²) in [5.74, 6) is -6.41. The molecule has 33 heavy (non-hydrogen) atoms. The van der Waals surface area contributed by atoms with Crippen LogP contribution in [0.15, 0.2) is 64.5 Å². The molecule has 3 aromatic carbocycles. The number of rotatable bonds is 5. The highest BCUT2D eigenvalue weighted by molar-refractivity contribution is 7.99. The van der Waals surface area contributed by atoms with Crippen LogP contribution in [0.2, 0.25) is 5.02 Å². The van der Waals surface area contributed by atoms with E-state index >= 15 is 0 Å². The van der Waals surface area contributed by atoms with Gasteiger partial charge in [-0.15, -0.1) is 0 Å². The Morgan fingerprint density at radius 1 is 1.00 bits per heavy atom. The number of benzene rings is 3. The van der Waals surface area contributed by atoms with Gasteiger partial charge in [0, 0.05) is 0 Å². The number of carbonyl (C=O) groups excluding carboxylic acids is 1. The van der Waals surface area contributed by atoms with E-state index in [1.807, 2.05) is 0 Å². The fraction of sp³-hybridized carbons (Fsp3) is 0.0455. The third kappa shape index (κ3) is 4.57. The number of carbonyl (C=O) groups is 1. The van der Waals surface area contributed by atoms with E-state index in [-0.39, 0.29) is 27.0 Å². The standard InChI is InChI=1S/C22H12ClF4N3O2S/c23-13-9-11(5-6-14(13)24)30-21(32)12-3-1-2-4-16(12)29-22(30)33-10-18(31)28-17-8-7-15(25)19(26)20(17)27/h1-9H,10H2,(H,28,31). The van der Waals surface area contributed by atoms with E-state index in [9.17, 15) is 27.2 Å². The Bertz CT molecular complexity index is 1460. The van der Waals surface area contributed by atoms with Gasteiger partial charge in [-0.25, -0.2) is 22.5 Å². The first-order valence-corrected chi connectivity index (χ1v) is 10.7. The van der Waals surface area contributed by atoms with Crippen LogP contribution in [0.5, 0.6) is 0 Å². The third-order valence-electron chi connectivity index (χ3n) is 4.55. The molecule has 0 aliphatic rings. The molecule has 0 radical (unpaired) electrons. The minimum absolute atomic E-state index is 0.0854. The number of nitrogens with zero attached hydrogens (tertiary/aromatic N) is 2. The van der Waals surface area contributed by atoms with Crippen LogP contribution in [0.25, 0.3) is 16.6 Å². The van der Waals surface area contributed by atoms with Crippen molar-refractivity contribution in [3.63, 3.8) is 0 Å². The van der Waals surface area contributed by atoms with Crippen LogP contribution < -0.4 is 10.9 Å². The molecule has 0 bridgehead atoms. The lowest BCUT2D eigenvalue weighted by molar-refractivity contribution is -0.113. The van der Waals surface area contributed by atoms with Gasteiger partial charge in [-0.05, 0) is 42.5 Å². The number of hydrogen-bond acceptors (Lipinski definition) is 4. The number of nitrogens with one attached hydrogen (secondary N) is 1. The number of halogens is 5. The Hall–Kier alpha value is -3.37. The first kappa shape index (κ1) is 22.8. The number of hydrogen-bond donors (Lipinski definition) is 1. The van der Waals surface area contributed by atoms with Crippen molar-refractivity contribution in [2.75, 3.05) is 11.1 Å². The van der Waals surface area contributed by atoms with Crippen molar-refractivity contribution < 1.29 is 22.4 Å². The van der Waals surface area contributed by atoms with Gasteiger partial charge in [0.1, 0.15) is 5.82 Å². The van der Waals surface area contributed by atoms with Crippen LogP contribution in [-0.2, 0) is 4.79 Å². The van der Waals surface area contributed by atoms with Gasteiger partial charge in [0.2, 0.25) is 5.91 Å². The molecular formula is C22H12ClF4N3O2S. The molecule has 1 aromatic heterocycles. The molecule has 168 valence electrons. The number of amides is 1. The zero-order chi connectivity index (χ0) is 23.7. The fourth-order valence-corrected chi connectivity index (χ4v) is 3.99. The molecule has 0 aliphatic heterocycles. The van der Waals surface area contributed by atoms with E-state index in [1.54, 1.807) is 24.3 Å². The van der Waals surface area contributed by atoms with Crippen molar-refractivity contribution in [1.82, 2.24) is 9.55 Å². The van der Waals surface area contributed by atoms with E-state index in [4.69, 9.17) is 11.6 Å². The van der Waals surface area contributed by atoms with Crippen molar-refractivity contribution in [2.24, 2.45) is 0 Å². The molecule has 1 N–H and O–H groups in total. The van der Waals surface area contributed by atoms with Gasteiger partial charge < -0.3 is 5.32 Å². The van der Waals surface area contributed by atoms with E-state index in [0.717, 1.165) is 23.9 Å². The summed E-state index contributed by atoms with van der Waals surface area (Å²) in [5, 5.41) is 2.31. The Balaban J connectivity index is 1.68. The van der Waals surface area contributed by atoms with E-state index < -0.39 is 40.4 Å². The summed E-state index contributed by atoms with van der Waals surface area (Å²) in [6.07, 6.45) is 0. The zero-order valence-corrected chi connectivity index (χ0v) is 18.0. The van der Waals surface area contributed by atoms with Crippen LogP contribution in [0.3, 0.4) is 0 Å². The van der Waals surface area contributed by atoms with Gasteiger partial charge in [0.15, 0.2) is 22.6 Å². The first-order valence-electron chi connectivity index (χ1n) is 9.29. The minimum Gasteiger partial charge on any atom is -0.323 e. The van der Waals surface area contributed by atoms with Gasteiger partial charge >= 0.3 is 0 Å². The summed E-state index contributed by atoms with van der Waals surface area (Å²) in [4.78, 5) is 29.9. The van der Waals surface area contributed by atoms with Crippen LogP contribution in [0.4, 0.5) is 23.2 Å². The zero-order valence-electron chi connectivity index (χ0n) is 16.4. The van der Waals surface area contributed by atoms with Crippen molar-refractivity contribution in [2.45, 2.75) is 5.16 Å². The predicted octanol–water partition coefficient (Wildman–Crippen LogP) is 5.33. The second-order valence-electron chi connectivity index (χ2n) is 6.71. The van der Waals surface area contributed by atoms with Crippen molar-refractivity contribution in [1.29, 1.82) is 0 Å². The molecule has 1 amide bonds. The highest BCUT2D eigenvalue weighted by Crippen LogP contribution is 2.25. The van der Waals surface area contributed by atoms with Gasteiger partial charge in [0.25, 0.3) is 5.56 Å². The molecule has 0 unspecified atom stereocenters. The maximum absolute atomic E-state index is 13.8. The Kier molecular flexibility index (Phi) is 6.39. The first-order chi connectivity index (χ1) is 15.8. The molecule has 11 heteroatoms. The molecule has 0 atom stereocenters. The van der Waals surface area contributed by atoms with Crippen LogP contribution in [0.1, 0.15) is 0 Å². The number of fused-ring (bicyclic) bond motifs is 1. The summed E-state index contributed by atoms with van der Waals surface area (Å²) >= 11 is 6.70. The monoisotopic (exact) mass is 493 g/mol. The Morgan fingerprint density at radius 2 is 1.73 bits per heavy atom. The molecule has 5 nitrogen and oxygen atoms in total. The Labute approximate surface area is 193 Å². The van der Waals surface area contributed by atoms with E-state index in [2.05, 4.69) is 10.3 Å². The van der Waals surface area contributed by atoms with E-state index in [1.165, 1.54) is 16.7 Å². The fourth-order valence-electron chi connectivity index (χ4n) is 3.00. The summed E-state index contributed by atoms with van der Waals surface area (Å²) in [6.45, 7) is 0. The third-order valence-corrected chi connectivity index (χ3v) is 5.78. The molecule has 0 aliphatic carbocycles. The SMILES string of the molecule is O=C(CSc1nc2ccccc2c(=O)n1-c1ccc(F)c(Cl)c1)Nc1ccc(F)c(F)c1F. The van der Waals surface area contributed by atoms with Gasteiger partial charge in [-0.3, -0.25) is 14.2 Å². The van der Waals surface area contributed by atoms with Gasteiger partial charge in [-0.1, -0.05) is 35.5 Å². The van der Waals surface area contributed by atoms with E-state index in [0.29, 0.717) is 11.6 Å². The maximum atomic E-state index is 13.8. The van der Waals surface area contributed by atoms with Gasteiger partial charge in [-0.2, -0.15) is 0 Å². The molecule has 0 spiro atoms. The summed E-state index contributed by atoms with van der Waals surface area (Å²) in [5.41, 5.74) is -0.424. The summed E-state index contributed by atoms with van der Waals surface area (Å²) in [7, 11) is 0. The summed E-state index contributed by atoms with van der Waals surface area (Å²) < 4.78 is 55.1. The molecule has 4 rings (SSSR count).